The van der Waals surface area contributed by atoms with Gasteiger partial charge in [-0.25, -0.2) is 4.98 Å². The van der Waals surface area contributed by atoms with Crippen LogP contribution in [0.2, 0.25) is 0 Å². The number of hydrogen-bond acceptors (Lipinski definition) is 5. The number of nitrogens with zero attached hydrogens (tertiary/aromatic N) is 1. The van der Waals surface area contributed by atoms with Gasteiger partial charge in [-0.15, -0.1) is 0 Å². The molecule has 0 amide bonds. The standard InChI is InChI=1S/C11H20N4O2/c1-4-17-5-8(7(2)3)15-10-9(12)11(16)14-6-13-10/h6-8H,4-5,12H2,1-3H3,(H2,13,14,15,16). The Bertz CT molecular complexity index is 403. The van der Waals surface area contributed by atoms with Crippen LogP contribution in [-0.2, 0) is 4.74 Å². The number of nitrogens with two attached hydrogens (primary N) is 1. The van der Waals surface area contributed by atoms with Crippen LogP contribution in [0.25, 0.3) is 0 Å². The van der Waals surface area contributed by atoms with E-state index in [1.54, 1.807) is 0 Å². The molecule has 0 spiro atoms. The summed E-state index contributed by atoms with van der Waals surface area (Å²) in [5.74, 6) is 0.759. The average Bonchev–Trinajstić information content (AvgIpc) is 2.29. The lowest BCUT2D eigenvalue weighted by Gasteiger charge is -2.23. The lowest BCUT2D eigenvalue weighted by atomic mass is 10.1. The van der Waals surface area contributed by atoms with Gasteiger partial charge in [0.25, 0.3) is 5.56 Å². The van der Waals surface area contributed by atoms with Crippen LogP contribution in [0.15, 0.2) is 11.1 Å². The molecule has 4 N–H and O–H groups in total. The van der Waals surface area contributed by atoms with Gasteiger partial charge in [0.15, 0.2) is 5.82 Å². The number of aromatic amines is 1. The van der Waals surface area contributed by atoms with E-state index in [4.69, 9.17) is 10.5 Å². The van der Waals surface area contributed by atoms with Crippen LogP contribution in [0.3, 0.4) is 0 Å². The number of rotatable bonds is 6. The fraction of sp³-hybridized carbons (Fsp3) is 0.636. The molecule has 1 atom stereocenters. The molecule has 0 fully saturated rings. The van der Waals surface area contributed by atoms with Gasteiger partial charge in [0.2, 0.25) is 0 Å². The van der Waals surface area contributed by atoms with Crippen molar-refractivity contribution in [1.82, 2.24) is 9.97 Å². The topological polar surface area (TPSA) is 93.0 Å². The highest BCUT2D eigenvalue weighted by Gasteiger charge is 2.15. The lowest BCUT2D eigenvalue weighted by Crippen LogP contribution is -2.32. The van der Waals surface area contributed by atoms with Crippen molar-refractivity contribution >= 4 is 11.5 Å². The summed E-state index contributed by atoms with van der Waals surface area (Å²) in [7, 11) is 0. The summed E-state index contributed by atoms with van der Waals surface area (Å²) in [6.07, 6.45) is 1.33. The fourth-order valence-electron chi connectivity index (χ4n) is 1.35. The molecule has 6 heteroatoms. The van der Waals surface area contributed by atoms with Gasteiger partial charge in [-0.3, -0.25) is 4.79 Å². The number of ether oxygens (including phenoxy) is 1. The Morgan fingerprint density at radius 3 is 2.88 bits per heavy atom. The van der Waals surface area contributed by atoms with E-state index < -0.39 is 0 Å². The van der Waals surface area contributed by atoms with E-state index in [1.807, 2.05) is 6.92 Å². The first kappa shape index (κ1) is 13.5. The number of nitrogens with one attached hydrogen (secondary N) is 2. The van der Waals surface area contributed by atoms with Gasteiger partial charge < -0.3 is 20.8 Å². The van der Waals surface area contributed by atoms with Crippen LogP contribution < -0.4 is 16.6 Å². The van der Waals surface area contributed by atoms with E-state index >= 15 is 0 Å². The zero-order valence-electron chi connectivity index (χ0n) is 10.5. The van der Waals surface area contributed by atoms with Gasteiger partial charge >= 0.3 is 0 Å². The number of aromatic nitrogens is 2. The van der Waals surface area contributed by atoms with Crippen LogP contribution in [0.1, 0.15) is 20.8 Å². The Kier molecular flexibility index (Phi) is 4.96. The summed E-state index contributed by atoms with van der Waals surface area (Å²) in [4.78, 5) is 17.8. The minimum Gasteiger partial charge on any atom is -0.391 e. The van der Waals surface area contributed by atoms with E-state index in [0.29, 0.717) is 24.9 Å². The van der Waals surface area contributed by atoms with Crippen molar-refractivity contribution in [3.05, 3.63) is 16.7 Å². The molecule has 0 aromatic carbocycles. The Morgan fingerprint density at radius 1 is 1.59 bits per heavy atom. The highest BCUT2D eigenvalue weighted by atomic mass is 16.5. The number of anilines is 2. The molecule has 0 bridgehead atoms. The summed E-state index contributed by atoms with van der Waals surface area (Å²) < 4.78 is 5.38. The van der Waals surface area contributed by atoms with Crippen molar-refractivity contribution in [3.63, 3.8) is 0 Å². The van der Waals surface area contributed by atoms with Crippen molar-refractivity contribution in [2.24, 2.45) is 5.92 Å². The minimum absolute atomic E-state index is 0.0755. The average molecular weight is 240 g/mol. The molecule has 1 aromatic heterocycles. The van der Waals surface area contributed by atoms with Gasteiger partial charge in [-0.1, -0.05) is 13.8 Å². The second-order valence-corrected chi connectivity index (χ2v) is 4.15. The maximum atomic E-state index is 11.3. The molecule has 0 saturated heterocycles. The molecule has 96 valence electrons. The number of hydrogen-bond donors (Lipinski definition) is 3. The lowest BCUT2D eigenvalue weighted by molar-refractivity contribution is 0.126. The summed E-state index contributed by atoms with van der Waals surface area (Å²) in [5.41, 5.74) is 5.42. The first-order valence-corrected chi connectivity index (χ1v) is 5.73. The van der Waals surface area contributed by atoms with Crippen molar-refractivity contribution < 1.29 is 4.74 Å². The monoisotopic (exact) mass is 240 g/mol. The van der Waals surface area contributed by atoms with Gasteiger partial charge in [-0.05, 0) is 12.8 Å². The van der Waals surface area contributed by atoms with Gasteiger partial charge in [0.05, 0.1) is 19.0 Å². The quantitative estimate of drug-likeness (QED) is 0.684. The third-order valence-corrected chi connectivity index (χ3v) is 2.52. The van der Waals surface area contributed by atoms with Crippen LogP contribution >= 0.6 is 0 Å². The third kappa shape index (κ3) is 3.74. The SMILES string of the molecule is CCOCC(Nc1nc[nH]c(=O)c1N)C(C)C. The Hall–Kier alpha value is -1.56. The van der Waals surface area contributed by atoms with Gasteiger partial charge in [0.1, 0.15) is 5.69 Å². The molecule has 0 aliphatic heterocycles. The predicted octanol–water partition coefficient (Wildman–Crippen LogP) is 0.825. The second kappa shape index (κ2) is 6.24. The van der Waals surface area contributed by atoms with Crippen LogP contribution in [0, 0.1) is 5.92 Å². The van der Waals surface area contributed by atoms with E-state index in [9.17, 15) is 4.79 Å². The summed E-state index contributed by atoms with van der Waals surface area (Å²) in [6.45, 7) is 7.29. The second-order valence-electron chi connectivity index (χ2n) is 4.15. The van der Waals surface area contributed by atoms with E-state index in [0.717, 1.165) is 0 Å². The van der Waals surface area contributed by atoms with Crippen molar-refractivity contribution in [2.45, 2.75) is 26.8 Å². The van der Waals surface area contributed by atoms with E-state index in [-0.39, 0.29) is 17.3 Å². The molecule has 0 radical (unpaired) electrons. The minimum atomic E-state index is -0.332. The summed E-state index contributed by atoms with van der Waals surface area (Å²) in [5, 5.41) is 3.14. The van der Waals surface area contributed by atoms with Gasteiger partial charge in [-0.2, -0.15) is 0 Å². The number of H-pyrrole nitrogens is 1. The van der Waals surface area contributed by atoms with E-state index in [1.165, 1.54) is 6.33 Å². The molecule has 0 saturated carbocycles. The number of nitrogen functional groups attached to an aromatic ring is 1. The highest BCUT2D eigenvalue weighted by molar-refractivity contribution is 5.59. The molecule has 1 rings (SSSR count). The molecule has 1 heterocycles. The van der Waals surface area contributed by atoms with Crippen LogP contribution in [0.4, 0.5) is 11.5 Å². The van der Waals surface area contributed by atoms with Crippen molar-refractivity contribution in [3.8, 4) is 0 Å². The third-order valence-electron chi connectivity index (χ3n) is 2.52. The largest absolute Gasteiger partial charge is 0.391 e. The molecule has 17 heavy (non-hydrogen) atoms. The highest BCUT2D eigenvalue weighted by Crippen LogP contribution is 2.13. The zero-order chi connectivity index (χ0) is 12.8. The first-order chi connectivity index (χ1) is 8.06. The zero-order valence-corrected chi connectivity index (χ0v) is 10.5. The summed E-state index contributed by atoms with van der Waals surface area (Å²) in [6, 6.07) is 0.0755. The van der Waals surface area contributed by atoms with Crippen molar-refractivity contribution in [2.75, 3.05) is 24.3 Å². The summed E-state index contributed by atoms with van der Waals surface area (Å²) >= 11 is 0. The Balaban J connectivity index is 2.78. The fourth-order valence-corrected chi connectivity index (χ4v) is 1.35. The molecular formula is C11H20N4O2. The van der Waals surface area contributed by atoms with Crippen LogP contribution in [0.5, 0.6) is 0 Å². The van der Waals surface area contributed by atoms with Crippen LogP contribution in [-0.4, -0.2) is 29.2 Å². The van der Waals surface area contributed by atoms with Crippen molar-refractivity contribution in [1.29, 1.82) is 0 Å². The molecular weight excluding hydrogens is 220 g/mol. The molecule has 0 aliphatic rings. The Labute approximate surface area is 101 Å². The first-order valence-electron chi connectivity index (χ1n) is 5.73. The maximum absolute atomic E-state index is 11.3. The molecule has 1 unspecified atom stereocenters. The Morgan fingerprint density at radius 2 is 2.29 bits per heavy atom. The normalized spacial score (nSPS) is 12.7. The maximum Gasteiger partial charge on any atom is 0.276 e. The molecule has 1 aromatic rings. The smallest absolute Gasteiger partial charge is 0.276 e. The van der Waals surface area contributed by atoms with Gasteiger partial charge in [0, 0.05) is 6.61 Å². The predicted molar refractivity (Wildman–Crippen MR) is 68.0 cm³/mol. The van der Waals surface area contributed by atoms with E-state index in [2.05, 4.69) is 29.1 Å². The molecule has 6 nitrogen and oxygen atoms in total. The molecule has 0 aliphatic carbocycles.